The minimum atomic E-state index is -0.411. The van der Waals surface area contributed by atoms with E-state index < -0.39 is 5.91 Å². The van der Waals surface area contributed by atoms with Crippen LogP contribution in [0.15, 0.2) is 71.7 Å². The number of methoxy groups -OCH3 is 1. The lowest BCUT2D eigenvalue weighted by atomic mass is 10.1. The molecule has 0 spiro atoms. The molecule has 0 fully saturated rings. The quantitative estimate of drug-likeness (QED) is 0.534. The first-order chi connectivity index (χ1) is 14.5. The Kier molecular flexibility index (Phi) is 5.93. The molecule has 0 N–H and O–H groups in total. The second-order valence-corrected chi connectivity index (χ2v) is 7.48. The first-order valence-corrected chi connectivity index (χ1v) is 10.00. The van der Waals surface area contributed by atoms with Crippen molar-refractivity contribution in [1.29, 1.82) is 0 Å². The number of hydrogen-bond donors (Lipinski definition) is 0. The molecule has 4 rings (SSSR count). The van der Waals surface area contributed by atoms with Gasteiger partial charge in [-0.2, -0.15) is 4.99 Å². The van der Waals surface area contributed by atoms with Gasteiger partial charge < -0.3 is 14.4 Å². The first kappa shape index (κ1) is 20.3. The Bertz CT molecular complexity index is 1110. The number of fused-ring (bicyclic) bond motifs is 1. The van der Waals surface area contributed by atoms with Gasteiger partial charge >= 0.3 is 0 Å². The van der Waals surface area contributed by atoms with Crippen LogP contribution in [-0.2, 0) is 11.3 Å². The number of benzene rings is 3. The van der Waals surface area contributed by atoms with E-state index in [-0.39, 0.29) is 6.61 Å². The largest absolute Gasteiger partial charge is 0.497 e. The smallest absolute Gasteiger partial charge is 0.285 e. The minimum absolute atomic E-state index is 0.233. The number of amidine groups is 1. The molecule has 0 aromatic heterocycles. The van der Waals surface area contributed by atoms with E-state index in [4.69, 9.17) is 32.7 Å². The Balaban J connectivity index is 1.58. The molecule has 0 unspecified atom stereocenters. The van der Waals surface area contributed by atoms with Crippen molar-refractivity contribution >= 4 is 40.6 Å². The number of anilines is 1. The summed E-state index contributed by atoms with van der Waals surface area (Å²) in [5, 5.41) is 0.839. The SMILES string of the molecule is COc1ccc(N2Cc3ccccc3C2=NC(=O)COc2ccc(Cl)cc2Cl)cc1. The molecule has 0 saturated heterocycles. The van der Waals surface area contributed by atoms with Crippen molar-refractivity contribution in [2.75, 3.05) is 18.6 Å². The minimum Gasteiger partial charge on any atom is -0.497 e. The molecule has 1 aliphatic heterocycles. The van der Waals surface area contributed by atoms with E-state index in [0.29, 0.717) is 28.2 Å². The van der Waals surface area contributed by atoms with E-state index >= 15 is 0 Å². The average Bonchev–Trinajstić information content (AvgIpc) is 3.11. The van der Waals surface area contributed by atoms with Crippen LogP contribution in [0, 0.1) is 0 Å². The molecular weight excluding hydrogens is 423 g/mol. The highest BCUT2D eigenvalue weighted by molar-refractivity contribution is 6.35. The number of rotatable bonds is 5. The van der Waals surface area contributed by atoms with Gasteiger partial charge in [0, 0.05) is 16.3 Å². The summed E-state index contributed by atoms with van der Waals surface area (Å²) in [6.07, 6.45) is 0. The summed E-state index contributed by atoms with van der Waals surface area (Å²) in [4.78, 5) is 19.0. The van der Waals surface area contributed by atoms with Gasteiger partial charge in [0.25, 0.3) is 5.91 Å². The summed E-state index contributed by atoms with van der Waals surface area (Å²) in [5.74, 6) is 1.32. The summed E-state index contributed by atoms with van der Waals surface area (Å²) in [6.45, 7) is 0.391. The zero-order chi connectivity index (χ0) is 21.1. The Hall–Kier alpha value is -3.02. The van der Waals surface area contributed by atoms with Gasteiger partial charge in [-0.15, -0.1) is 0 Å². The van der Waals surface area contributed by atoms with E-state index in [0.717, 1.165) is 22.6 Å². The molecule has 0 radical (unpaired) electrons. The van der Waals surface area contributed by atoms with Gasteiger partial charge in [-0.25, -0.2) is 0 Å². The van der Waals surface area contributed by atoms with Crippen molar-refractivity contribution in [2.24, 2.45) is 4.99 Å². The molecular formula is C23H18Cl2N2O3. The molecule has 1 aliphatic rings. The van der Waals surface area contributed by atoms with Gasteiger partial charge in [-0.3, -0.25) is 4.79 Å². The maximum absolute atomic E-state index is 12.6. The summed E-state index contributed by atoms with van der Waals surface area (Å²) >= 11 is 12.0. The van der Waals surface area contributed by atoms with Crippen molar-refractivity contribution in [3.05, 3.63) is 87.9 Å². The Labute approximate surface area is 184 Å². The topological polar surface area (TPSA) is 51.1 Å². The van der Waals surface area contributed by atoms with Crippen LogP contribution in [0.5, 0.6) is 11.5 Å². The van der Waals surface area contributed by atoms with Gasteiger partial charge in [0.15, 0.2) is 6.61 Å². The summed E-state index contributed by atoms with van der Waals surface area (Å²) in [5.41, 5.74) is 2.94. The molecule has 1 heterocycles. The molecule has 7 heteroatoms. The summed E-state index contributed by atoms with van der Waals surface area (Å²) in [7, 11) is 1.62. The number of carbonyl (C=O) groups is 1. The molecule has 5 nitrogen and oxygen atoms in total. The standard InChI is InChI=1S/C23H18Cl2N2O3/c1-29-18-9-7-17(8-10-18)27-13-15-4-2-3-5-19(15)23(27)26-22(28)14-30-21-11-6-16(24)12-20(21)25/h2-12H,13-14H2,1H3. The van der Waals surface area contributed by atoms with Crippen LogP contribution >= 0.6 is 23.2 Å². The normalized spacial score (nSPS) is 14.0. The fraction of sp³-hybridized carbons (Fsp3) is 0.130. The zero-order valence-electron chi connectivity index (χ0n) is 16.1. The van der Waals surface area contributed by atoms with Crippen LogP contribution in [0.1, 0.15) is 11.1 Å². The third kappa shape index (κ3) is 4.27. The maximum Gasteiger partial charge on any atom is 0.285 e. The maximum atomic E-state index is 12.6. The number of nitrogens with zero attached hydrogens (tertiary/aromatic N) is 2. The second kappa shape index (κ2) is 8.78. The van der Waals surface area contributed by atoms with Crippen molar-refractivity contribution in [2.45, 2.75) is 6.54 Å². The number of halogens is 2. The van der Waals surface area contributed by atoms with E-state index in [1.165, 1.54) is 0 Å². The fourth-order valence-electron chi connectivity index (χ4n) is 3.25. The summed E-state index contributed by atoms with van der Waals surface area (Å²) < 4.78 is 10.8. The van der Waals surface area contributed by atoms with E-state index in [1.807, 2.05) is 53.4 Å². The van der Waals surface area contributed by atoms with Gasteiger partial charge in [0.2, 0.25) is 0 Å². The third-order valence-electron chi connectivity index (χ3n) is 4.70. The molecule has 30 heavy (non-hydrogen) atoms. The van der Waals surface area contributed by atoms with Crippen molar-refractivity contribution < 1.29 is 14.3 Å². The Morgan fingerprint density at radius 3 is 2.57 bits per heavy atom. The highest BCUT2D eigenvalue weighted by Gasteiger charge is 2.27. The highest BCUT2D eigenvalue weighted by atomic mass is 35.5. The number of carbonyl (C=O) groups excluding carboxylic acids is 1. The number of hydrogen-bond acceptors (Lipinski definition) is 3. The van der Waals surface area contributed by atoms with Gasteiger partial charge in [-0.1, -0.05) is 47.5 Å². The zero-order valence-corrected chi connectivity index (χ0v) is 17.7. The molecule has 3 aromatic rings. The lowest BCUT2D eigenvalue weighted by molar-refractivity contribution is -0.119. The van der Waals surface area contributed by atoms with Gasteiger partial charge in [-0.05, 0) is 48.0 Å². The lowest BCUT2D eigenvalue weighted by Crippen LogP contribution is -2.26. The molecule has 0 saturated carbocycles. The number of amides is 1. The van der Waals surface area contributed by atoms with Crippen LogP contribution in [0.25, 0.3) is 0 Å². The highest BCUT2D eigenvalue weighted by Crippen LogP contribution is 2.30. The molecule has 1 amide bonds. The third-order valence-corrected chi connectivity index (χ3v) is 5.23. The Morgan fingerprint density at radius 1 is 1.07 bits per heavy atom. The van der Waals surface area contributed by atoms with Crippen LogP contribution in [-0.4, -0.2) is 25.5 Å². The van der Waals surface area contributed by atoms with Crippen molar-refractivity contribution in [3.8, 4) is 11.5 Å². The van der Waals surface area contributed by atoms with Crippen LogP contribution in [0.4, 0.5) is 5.69 Å². The first-order valence-electron chi connectivity index (χ1n) is 9.24. The van der Waals surface area contributed by atoms with E-state index in [9.17, 15) is 4.79 Å². The number of ether oxygens (including phenoxy) is 2. The van der Waals surface area contributed by atoms with Crippen LogP contribution in [0.2, 0.25) is 10.0 Å². The van der Waals surface area contributed by atoms with Crippen LogP contribution in [0.3, 0.4) is 0 Å². The molecule has 0 bridgehead atoms. The number of aliphatic imine (C=N–C) groups is 1. The van der Waals surface area contributed by atoms with Crippen LogP contribution < -0.4 is 14.4 Å². The second-order valence-electron chi connectivity index (χ2n) is 6.63. The fourth-order valence-corrected chi connectivity index (χ4v) is 3.71. The molecule has 3 aromatic carbocycles. The van der Waals surface area contributed by atoms with E-state index in [1.54, 1.807) is 25.3 Å². The van der Waals surface area contributed by atoms with Gasteiger partial charge in [0.05, 0.1) is 18.7 Å². The average molecular weight is 441 g/mol. The molecule has 0 atom stereocenters. The van der Waals surface area contributed by atoms with E-state index in [2.05, 4.69) is 4.99 Å². The predicted molar refractivity (Wildman–Crippen MR) is 119 cm³/mol. The molecule has 0 aliphatic carbocycles. The van der Waals surface area contributed by atoms with Crippen molar-refractivity contribution in [3.63, 3.8) is 0 Å². The lowest BCUT2D eigenvalue weighted by Gasteiger charge is -2.19. The monoisotopic (exact) mass is 440 g/mol. The van der Waals surface area contributed by atoms with Crippen molar-refractivity contribution in [1.82, 2.24) is 0 Å². The summed E-state index contributed by atoms with van der Waals surface area (Å²) in [6, 6.07) is 20.4. The predicted octanol–water partition coefficient (Wildman–Crippen LogP) is 5.37. The molecule has 152 valence electrons. The van der Waals surface area contributed by atoms with Gasteiger partial charge in [0.1, 0.15) is 17.3 Å². The Morgan fingerprint density at radius 2 is 1.83 bits per heavy atom.